The molecule has 6 heteroatoms. The van der Waals surface area contributed by atoms with Crippen LogP contribution in [0.2, 0.25) is 0 Å². The Hall–Kier alpha value is -3.12. The van der Waals surface area contributed by atoms with Crippen molar-refractivity contribution in [1.29, 1.82) is 0 Å². The number of likely N-dealkylation sites (tertiary alicyclic amines) is 2. The summed E-state index contributed by atoms with van der Waals surface area (Å²) in [4.78, 5) is 31.7. The van der Waals surface area contributed by atoms with E-state index >= 15 is 0 Å². The Morgan fingerprint density at radius 3 is 2.56 bits per heavy atom. The van der Waals surface area contributed by atoms with Gasteiger partial charge in [0.25, 0.3) is 5.91 Å². The molecule has 32 heavy (non-hydrogen) atoms. The number of aromatic nitrogens is 3. The molecule has 4 heterocycles. The maximum absolute atomic E-state index is 13.7. The van der Waals surface area contributed by atoms with Crippen LogP contribution in [-0.2, 0) is 6.54 Å². The van der Waals surface area contributed by atoms with Crippen molar-refractivity contribution in [1.82, 2.24) is 24.8 Å². The van der Waals surface area contributed by atoms with Gasteiger partial charge in [0.15, 0.2) is 5.82 Å². The van der Waals surface area contributed by atoms with E-state index in [4.69, 9.17) is 4.98 Å². The van der Waals surface area contributed by atoms with Gasteiger partial charge < -0.3 is 4.90 Å². The van der Waals surface area contributed by atoms with Crippen molar-refractivity contribution < 1.29 is 4.79 Å². The third kappa shape index (κ3) is 4.41. The predicted molar refractivity (Wildman–Crippen MR) is 124 cm³/mol. The number of hydrogen-bond acceptors (Lipinski definition) is 5. The molecule has 0 N–H and O–H groups in total. The summed E-state index contributed by atoms with van der Waals surface area (Å²) in [6, 6.07) is 15.7. The Labute approximate surface area is 189 Å². The Bertz CT molecular complexity index is 1060. The van der Waals surface area contributed by atoms with E-state index < -0.39 is 0 Å². The summed E-state index contributed by atoms with van der Waals surface area (Å²) < 4.78 is 0. The zero-order valence-electron chi connectivity index (χ0n) is 18.4. The minimum atomic E-state index is -0.0315. The van der Waals surface area contributed by atoms with Crippen LogP contribution < -0.4 is 0 Å². The van der Waals surface area contributed by atoms with Crippen LogP contribution >= 0.6 is 0 Å². The van der Waals surface area contributed by atoms with E-state index in [1.165, 1.54) is 19.3 Å². The average Bonchev–Trinajstić information content (AvgIpc) is 3.35. The van der Waals surface area contributed by atoms with E-state index in [0.717, 1.165) is 61.5 Å². The van der Waals surface area contributed by atoms with Crippen LogP contribution in [0.25, 0.3) is 11.5 Å². The van der Waals surface area contributed by atoms with Gasteiger partial charge in [-0.25, -0.2) is 9.97 Å². The highest BCUT2D eigenvalue weighted by atomic mass is 16.2. The quantitative estimate of drug-likeness (QED) is 0.600. The lowest BCUT2D eigenvalue weighted by Crippen LogP contribution is -2.33. The normalized spacial score (nSPS) is 19.2. The van der Waals surface area contributed by atoms with E-state index in [-0.39, 0.29) is 11.9 Å². The summed E-state index contributed by atoms with van der Waals surface area (Å²) in [5, 5.41) is 0. The molecular formula is C26H29N5O. The average molecular weight is 428 g/mol. The van der Waals surface area contributed by atoms with Crippen molar-refractivity contribution >= 4 is 5.91 Å². The largest absolute Gasteiger partial charge is 0.330 e. The predicted octanol–water partition coefficient (Wildman–Crippen LogP) is 4.50. The fourth-order valence-corrected chi connectivity index (χ4v) is 4.87. The van der Waals surface area contributed by atoms with E-state index in [1.54, 1.807) is 12.4 Å². The van der Waals surface area contributed by atoms with Crippen molar-refractivity contribution in [3.8, 4) is 11.5 Å². The smallest absolute Gasteiger partial charge is 0.254 e. The molecule has 1 atom stereocenters. The van der Waals surface area contributed by atoms with Gasteiger partial charge in [-0.05, 0) is 68.6 Å². The van der Waals surface area contributed by atoms with Crippen LogP contribution in [0.4, 0.5) is 0 Å². The van der Waals surface area contributed by atoms with Crippen LogP contribution in [0, 0.1) is 0 Å². The number of pyridine rings is 1. The van der Waals surface area contributed by atoms with Gasteiger partial charge in [0.1, 0.15) is 5.69 Å². The topological polar surface area (TPSA) is 62.2 Å². The molecule has 6 nitrogen and oxygen atoms in total. The summed E-state index contributed by atoms with van der Waals surface area (Å²) in [6.07, 6.45) is 9.22. The Morgan fingerprint density at radius 1 is 0.875 bits per heavy atom. The molecule has 2 saturated heterocycles. The van der Waals surface area contributed by atoms with Gasteiger partial charge in [0, 0.05) is 31.0 Å². The Balaban J connectivity index is 1.39. The van der Waals surface area contributed by atoms with Gasteiger partial charge >= 0.3 is 0 Å². The van der Waals surface area contributed by atoms with Crippen LogP contribution in [0.15, 0.2) is 60.9 Å². The molecule has 2 fully saturated rings. The molecule has 2 aliphatic rings. The van der Waals surface area contributed by atoms with Crippen LogP contribution in [0.1, 0.15) is 59.8 Å². The molecule has 0 bridgehead atoms. The minimum Gasteiger partial charge on any atom is -0.330 e. The number of carbonyl (C=O) groups is 1. The van der Waals surface area contributed by atoms with Gasteiger partial charge in [-0.2, -0.15) is 0 Å². The molecule has 2 aliphatic heterocycles. The fraction of sp³-hybridized carbons (Fsp3) is 0.385. The minimum absolute atomic E-state index is 0.0315. The van der Waals surface area contributed by atoms with E-state index in [0.29, 0.717) is 5.82 Å². The second kappa shape index (κ2) is 9.57. The molecule has 1 amide bonds. The number of amides is 1. The lowest BCUT2D eigenvalue weighted by Gasteiger charge is -2.29. The first-order chi connectivity index (χ1) is 15.8. The summed E-state index contributed by atoms with van der Waals surface area (Å²) in [5.41, 5.74) is 3.59. The number of carbonyl (C=O) groups excluding carboxylic acids is 1. The van der Waals surface area contributed by atoms with Gasteiger partial charge in [0.2, 0.25) is 0 Å². The first kappa shape index (κ1) is 20.8. The van der Waals surface area contributed by atoms with Crippen LogP contribution in [0.3, 0.4) is 0 Å². The third-order valence-corrected chi connectivity index (χ3v) is 6.52. The van der Waals surface area contributed by atoms with Gasteiger partial charge in [-0.15, -0.1) is 0 Å². The van der Waals surface area contributed by atoms with E-state index in [9.17, 15) is 4.79 Å². The van der Waals surface area contributed by atoms with E-state index in [2.05, 4.69) is 20.9 Å². The Kier molecular flexibility index (Phi) is 6.21. The number of hydrogen-bond donors (Lipinski definition) is 0. The maximum Gasteiger partial charge on any atom is 0.254 e. The highest BCUT2D eigenvalue weighted by molar-refractivity contribution is 5.96. The van der Waals surface area contributed by atoms with Gasteiger partial charge in [0.05, 0.1) is 11.7 Å². The summed E-state index contributed by atoms with van der Waals surface area (Å²) in [7, 11) is 0. The molecule has 0 radical (unpaired) electrons. The van der Waals surface area contributed by atoms with Crippen molar-refractivity contribution in [3.63, 3.8) is 0 Å². The molecule has 5 rings (SSSR count). The number of rotatable bonds is 5. The lowest BCUT2D eigenvalue weighted by atomic mass is 10.0. The monoisotopic (exact) mass is 427 g/mol. The van der Waals surface area contributed by atoms with Crippen LogP contribution in [-0.4, -0.2) is 50.3 Å². The number of nitrogens with zero attached hydrogens (tertiary/aromatic N) is 5. The zero-order valence-corrected chi connectivity index (χ0v) is 18.4. The summed E-state index contributed by atoms with van der Waals surface area (Å²) in [5.74, 6) is 0.714. The first-order valence-electron chi connectivity index (χ1n) is 11.7. The molecular weight excluding hydrogens is 398 g/mol. The van der Waals surface area contributed by atoms with Crippen molar-refractivity contribution in [2.45, 2.75) is 44.7 Å². The van der Waals surface area contributed by atoms with Crippen LogP contribution in [0.5, 0.6) is 0 Å². The molecule has 3 aromatic rings. The number of benzene rings is 1. The SMILES string of the molecule is O=C(c1ccccc1CN1CCCCC1)N1CCC[C@H]1c1ccnc(-c2ccccn2)n1. The molecule has 0 saturated carbocycles. The molecule has 0 unspecified atom stereocenters. The molecule has 0 aliphatic carbocycles. The standard InChI is InChI=1S/C26H29N5O/c32-26(21-10-3-2-9-20(21)19-30-16-6-1-7-17-30)31-18-8-12-24(31)22-13-15-28-25(29-22)23-11-4-5-14-27-23/h2-5,9-11,13-15,24H,1,6-8,12,16-19H2/t24-/m0/s1. The third-order valence-electron chi connectivity index (χ3n) is 6.52. The van der Waals surface area contributed by atoms with Gasteiger partial charge in [-0.3, -0.25) is 14.7 Å². The fourth-order valence-electron chi connectivity index (χ4n) is 4.87. The van der Waals surface area contributed by atoms with E-state index in [1.807, 2.05) is 47.4 Å². The van der Waals surface area contributed by atoms with Crippen molar-refractivity contribution in [2.75, 3.05) is 19.6 Å². The van der Waals surface area contributed by atoms with Gasteiger partial charge in [-0.1, -0.05) is 30.7 Å². The highest BCUT2D eigenvalue weighted by Gasteiger charge is 2.33. The molecule has 1 aromatic carbocycles. The molecule has 0 spiro atoms. The number of piperidine rings is 1. The van der Waals surface area contributed by atoms with Crippen molar-refractivity contribution in [2.24, 2.45) is 0 Å². The first-order valence-corrected chi connectivity index (χ1v) is 11.7. The second-order valence-electron chi connectivity index (χ2n) is 8.67. The molecule has 164 valence electrons. The molecule has 2 aromatic heterocycles. The zero-order chi connectivity index (χ0) is 21.8. The summed E-state index contributed by atoms with van der Waals surface area (Å²) in [6.45, 7) is 3.83. The highest BCUT2D eigenvalue weighted by Crippen LogP contribution is 2.33. The second-order valence-corrected chi connectivity index (χ2v) is 8.67. The summed E-state index contributed by atoms with van der Waals surface area (Å²) >= 11 is 0. The van der Waals surface area contributed by atoms with Crippen molar-refractivity contribution in [3.05, 3.63) is 77.7 Å². The maximum atomic E-state index is 13.7. The lowest BCUT2D eigenvalue weighted by molar-refractivity contribution is 0.0730. The Morgan fingerprint density at radius 2 is 1.72 bits per heavy atom.